The Kier molecular flexibility index (Phi) is 4.95. The van der Waals surface area contributed by atoms with Gasteiger partial charge in [0, 0.05) is 23.1 Å². The van der Waals surface area contributed by atoms with Gasteiger partial charge in [-0.05, 0) is 17.7 Å². The fourth-order valence-electron chi connectivity index (χ4n) is 1.93. The predicted octanol–water partition coefficient (Wildman–Crippen LogP) is 3.63. The van der Waals surface area contributed by atoms with Crippen LogP contribution in [0.4, 0.5) is 0 Å². The molecule has 0 aliphatic heterocycles. The van der Waals surface area contributed by atoms with Gasteiger partial charge in [-0.3, -0.25) is 4.79 Å². The van der Waals surface area contributed by atoms with Gasteiger partial charge in [0.1, 0.15) is 12.3 Å². The zero-order chi connectivity index (χ0) is 15.2. The molecule has 2 aromatic carbocycles. The van der Waals surface area contributed by atoms with Crippen molar-refractivity contribution in [2.45, 2.75) is 13.5 Å². The molecule has 0 amide bonds. The summed E-state index contributed by atoms with van der Waals surface area (Å²) in [4.78, 5) is 11.0. The Morgan fingerprint density at radius 1 is 1.19 bits per heavy atom. The van der Waals surface area contributed by atoms with Gasteiger partial charge in [-0.15, -0.1) is 0 Å². The molecule has 0 fully saturated rings. The number of rotatable bonds is 4. The van der Waals surface area contributed by atoms with Crippen molar-refractivity contribution in [3.63, 3.8) is 0 Å². The maximum absolute atomic E-state index is 11.0. The number of hydrogen-bond acceptors (Lipinski definition) is 4. The Balaban J connectivity index is 2.38. The lowest BCUT2D eigenvalue weighted by Crippen LogP contribution is -2.09. The summed E-state index contributed by atoms with van der Waals surface area (Å²) in [6, 6.07) is 14.3. The van der Waals surface area contributed by atoms with Gasteiger partial charge in [0.05, 0.1) is 0 Å². The molecule has 21 heavy (non-hydrogen) atoms. The summed E-state index contributed by atoms with van der Waals surface area (Å²) < 4.78 is 5.02. The molecule has 1 N–H and O–H groups in total. The lowest BCUT2D eigenvalue weighted by atomic mass is 9.98. The van der Waals surface area contributed by atoms with E-state index in [9.17, 15) is 10.0 Å². The highest BCUT2D eigenvalue weighted by Crippen LogP contribution is 2.18. The van der Waals surface area contributed by atoms with E-state index in [0.717, 1.165) is 11.1 Å². The van der Waals surface area contributed by atoms with Crippen LogP contribution in [0.25, 0.3) is 0 Å². The first kappa shape index (κ1) is 15.1. The van der Waals surface area contributed by atoms with Crippen LogP contribution in [0.2, 0.25) is 5.02 Å². The average Bonchev–Trinajstić information content (AvgIpc) is 2.49. The van der Waals surface area contributed by atoms with Gasteiger partial charge in [-0.1, -0.05) is 53.2 Å². The number of hydrogen-bond donors (Lipinski definition) is 1. The van der Waals surface area contributed by atoms with Gasteiger partial charge in [0.15, 0.2) is 0 Å². The van der Waals surface area contributed by atoms with Crippen molar-refractivity contribution in [2.24, 2.45) is 5.16 Å². The smallest absolute Gasteiger partial charge is 0.302 e. The third-order valence-corrected chi connectivity index (χ3v) is 3.17. The van der Waals surface area contributed by atoms with Gasteiger partial charge < -0.3 is 9.94 Å². The molecule has 5 heteroatoms. The fraction of sp³-hybridized carbons (Fsp3) is 0.125. The summed E-state index contributed by atoms with van der Waals surface area (Å²) in [7, 11) is 0. The van der Waals surface area contributed by atoms with E-state index in [-0.39, 0.29) is 12.6 Å². The number of carbonyl (C=O) groups excluding carboxylic acids is 1. The molecule has 0 saturated heterocycles. The number of benzene rings is 2. The van der Waals surface area contributed by atoms with Gasteiger partial charge in [-0.2, -0.15) is 0 Å². The first-order chi connectivity index (χ1) is 10.1. The zero-order valence-electron chi connectivity index (χ0n) is 11.4. The second-order valence-electron chi connectivity index (χ2n) is 4.39. The highest BCUT2D eigenvalue weighted by atomic mass is 35.5. The molecule has 0 aliphatic rings. The summed E-state index contributed by atoms with van der Waals surface area (Å²) in [5, 5.41) is 13.3. The molecule has 0 bridgehead atoms. The summed E-state index contributed by atoms with van der Waals surface area (Å²) in [6.07, 6.45) is 0. The summed E-state index contributed by atoms with van der Waals surface area (Å²) in [5.74, 6) is -0.362. The van der Waals surface area contributed by atoms with Crippen LogP contribution in [0.15, 0.2) is 53.7 Å². The topological polar surface area (TPSA) is 58.9 Å². The molecule has 0 heterocycles. The standard InChI is InChI=1S/C16H14ClNO3/c1-11(19)21-10-13-4-2-3-5-15(13)16(18-20)12-6-8-14(17)9-7-12/h2-9,20H,10H2,1H3. The molecule has 0 aromatic heterocycles. The van der Waals surface area contributed by atoms with Crippen LogP contribution in [0, 0.1) is 0 Å². The predicted molar refractivity (Wildman–Crippen MR) is 80.8 cm³/mol. The molecule has 0 atom stereocenters. The van der Waals surface area contributed by atoms with Crippen molar-refractivity contribution in [3.05, 3.63) is 70.2 Å². The first-order valence-electron chi connectivity index (χ1n) is 6.31. The summed E-state index contributed by atoms with van der Waals surface area (Å²) in [5.41, 5.74) is 2.57. The van der Waals surface area contributed by atoms with E-state index in [4.69, 9.17) is 16.3 Å². The van der Waals surface area contributed by atoms with E-state index < -0.39 is 0 Å². The summed E-state index contributed by atoms with van der Waals surface area (Å²) in [6.45, 7) is 1.47. The molecule has 0 radical (unpaired) electrons. The highest BCUT2D eigenvalue weighted by Gasteiger charge is 2.13. The first-order valence-corrected chi connectivity index (χ1v) is 6.69. The normalized spacial score (nSPS) is 11.2. The minimum absolute atomic E-state index is 0.123. The third kappa shape index (κ3) is 3.83. The molecule has 0 unspecified atom stereocenters. The number of esters is 1. The minimum atomic E-state index is -0.362. The number of nitrogens with zero attached hydrogens (tertiary/aromatic N) is 1. The van der Waals surface area contributed by atoms with Crippen LogP contribution >= 0.6 is 11.6 Å². The van der Waals surface area contributed by atoms with Crippen molar-refractivity contribution in [1.82, 2.24) is 0 Å². The van der Waals surface area contributed by atoms with E-state index in [1.807, 2.05) is 24.3 Å². The quantitative estimate of drug-likeness (QED) is 0.406. The molecular formula is C16H14ClNO3. The molecule has 2 rings (SSSR count). The minimum Gasteiger partial charge on any atom is -0.461 e. The molecule has 0 saturated carbocycles. The number of ether oxygens (including phenoxy) is 1. The van der Waals surface area contributed by atoms with E-state index in [1.54, 1.807) is 24.3 Å². The Morgan fingerprint density at radius 3 is 2.48 bits per heavy atom. The third-order valence-electron chi connectivity index (χ3n) is 2.92. The van der Waals surface area contributed by atoms with Crippen molar-refractivity contribution in [2.75, 3.05) is 0 Å². The molecule has 2 aromatic rings. The Labute approximate surface area is 127 Å². The Hall–Kier alpha value is -2.33. The summed E-state index contributed by atoms with van der Waals surface area (Å²) >= 11 is 5.86. The van der Waals surface area contributed by atoms with Crippen LogP contribution in [0.5, 0.6) is 0 Å². The second-order valence-corrected chi connectivity index (χ2v) is 4.83. The van der Waals surface area contributed by atoms with E-state index in [1.165, 1.54) is 6.92 Å². The Morgan fingerprint density at radius 2 is 1.86 bits per heavy atom. The van der Waals surface area contributed by atoms with Crippen LogP contribution in [-0.4, -0.2) is 16.9 Å². The van der Waals surface area contributed by atoms with E-state index in [0.29, 0.717) is 16.3 Å². The van der Waals surface area contributed by atoms with Crippen molar-refractivity contribution >= 4 is 23.3 Å². The van der Waals surface area contributed by atoms with Crippen LogP contribution < -0.4 is 0 Å². The van der Waals surface area contributed by atoms with Gasteiger partial charge in [0.2, 0.25) is 0 Å². The van der Waals surface area contributed by atoms with Crippen LogP contribution in [0.3, 0.4) is 0 Å². The van der Waals surface area contributed by atoms with Gasteiger partial charge in [-0.25, -0.2) is 0 Å². The monoisotopic (exact) mass is 303 g/mol. The van der Waals surface area contributed by atoms with Crippen LogP contribution in [0.1, 0.15) is 23.6 Å². The average molecular weight is 304 g/mol. The maximum atomic E-state index is 11.0. The SMILES string of the molecule is CC(=O)OCc1ccccc1C(=NO)c1ccc(Cl)cc1. The lowest BCUT2D eigenvalue weighted by molar-refractivity contribution is -0.142. The number of halogens is 1. The van der Waals surface area contributed by atoms with Crippen molar-refractivity contribution in [3.8, 4) is 0 Å². The van der Waals surface area contributed by atoms with Gasteiger partial charge >= 0.3 is 5.97 Å². The Bertz CT molecular complexity index is 665. The second kappa shape index (κ2) is 6.90. The molecular weight excluding hydrogens is 290 g/mol. The van der Waals surface area contributed by atoms with Crippen molar-refractivity contribution < 1.29 is 14.7 Å². The van der Waals surface area contributed by atoms with Crippen molar-refractivity contribution in [1.29, 1.82) is 0 Å². The van der Waals surface area contributed by atoms with E-state index >= 15 is 0 Å². The highest BCUT2D eigenvalue weighted by molar-refractivity contribution is 6.30. The zero-order valence-corrected chi connectivity index (χ0v) is 12.2. The number of carbonyl (C=O) groups is 1. The number of oxime groups is 1. The molecule has 0 spiro atoms. The fourth-order valence-corrected chi connectivity index (χ4v) is 2.06. The molecule has 4 nitrogen and oxygen atoms in total. The lowest BCUT2D eigenvalue weighted by Gasteiger charge is -2.11. The largest absolute Gasteiger partial charge is 0.461 e. The van der Waals surface area contributed by atoms with Gasteiger partial charge in [0.25, 0.3) is 0 Å². The maximum Gasteiger partial charge on any atom is 0.302 e. The molecule has 0 aliphatic carbocycles. The van der Waals surface area contributed by atoms with Crippen LogP contribution in [-0.2, 0) is 16.1 Å². The molecule has 108 valence electrons. The van der Waals surface area contributed by atoms with E-state index in [2.05, 4.69) is 5.16 Å².